The fourth-order valence-corrected chi connectivity index (χ4v) is 3.18. The van der Waals surface area contributed by atoms with Gasteiger partial charge in [-0.3, -0.25) is 4.79 Å². The largest absolute Gasteiger partial charge is 0.497 e. The molecule has 0 atom stereocenters. The number of fused-ring (bicyclic) bond motifs is 1. The minimum Gasteiger partial charge on any atom is -0.497 e. The van der Waals surface area contributed by atoms with E-state index in [0.29, 0.717) is 34.0 Å². The van der Waals surface area contributed by atoms with Crippen molar-refractivity contribution in [1.82, 2.24) is 0 Å². The third-order valence-corrected chi connectivity index (χ3v) is 4.85. The van der Waals surface area contributed by atoms with Crippen LogP contribution in [0.3, 0.4) is 0 Å². The molecule has 0 aliphatic heterocycles. The van der Waals surface area contributed by atoms with Crippen LogP contribution in [-0.2, 0) is 16.1 Å². The van der Waals surface area contributed by atoms with Crippen LogP contribution in [0.4, 0.5) is 0 Å². The van der Waals surface area contributed by atoms with Crippen molar-refractivity contribution in [2.45, 2.75) is 13.5 Å². The van der Waals surface area contributed by atoms with Gasteiger partial charge in [-0.1, -0.05) is 36.4 Å². The fraction of sp³-hybridized carbons (Fsp3) is 0.154. The SMILES string of the molecule is COc1cccc(Oc2c(C)oc3cc(OCC(=O)OCc4ccccc4)ccc3c2=O)c1. The lowest BCUT2D eigenvalue weighted by molar-refractivity contribution is -0.147. The highest BCUT2D eigenvalue weighted by Gasteiger charge is 2.15. The maximum absolute atomic E-state index is 13.0. The minimum absolute atomic E-state index is 0.0916. The van der Waals surface area contributed by atoms with E-state index in [1.54, 1.807) is 56.5 Å². The second-order valence-corrected chi connectivity index (χ2v) is 7.19. The molecule has 0 aliphatic rings. The Bertz CT molecular complexity index is 1330. The van der Waals surface area contributed by atoms with Crippen molar-refractivity contribution in [2.75, 3.05) is 13.7 Å². The van der Waals surface area contributed by atoms with Crippen LogP contribution in [0, 0.1) is 6.92 Å². The van der Waals surface area contributed by atoms with Crippen molar-refractivity contribution in [1.29, 1.82) is 0 Å². The summed E-state index contributed by atoms with van der Waals surface area (Å²) < 4.78 is 27.5. The Morgan fingerprint density at radius 1 is 0.909 bits per heavy atom. The molecule has 7 heteroatoms. The van der Waals surface area contributed by atoms with E-state index < -0.39 is 5.97 Å². The lowest BCUT2D eigenvalue weighted by atomic mass is 10.2. The summed E-state index contributed by atoms with van der Waals surface area (Å²) in [6.07, 6.45) is 0. The van der Waals surface area contributed by atoms with Crippen LogP contribution in [-0.4, -0.2) is 19.7 Å². The van der Waals surface area contributed by atoms with Gasteiger partial charge in [0.1, 0.15) is 35.2 Å². The van der Waals surface area contributed by atoms with Crippen molar-refractivity contribution in [2.24, 2.45) is 0 Å². The Balaban J connectivity index is 1.46. The molecule has 0 saturated heterocycles. The highest BCUT2D eigenvalue weighted by atomic mass is 16.6. The molecule has 0 amide bonds. The van der Waals surface area contributed by atoms with Gasteiger partial charge in [-0.2, -0.15) is 0 Å². The first-order valence-electron chi connectivity index (χ1n) is 10.2. The average Bonchev–Trinajstić information content (AvgIpc) is 2.84. The van der Waals surface area contributed by atoms with E-state index >= 15 is 0 Å². The van der Waals surface area contributed by atoms with Crippen LogP contribution in [0.1, 0.15) is 11.3 Å². The molecule has 0 unspecified atom stereocenters. The molecule has 1 heterocycles. The molecule has 0 aliphatic carbocycles. The monoisotopic (exact) mass is 446 g/mol. The number of methoxy groups -OCH3 is 1. The Hall–Kier alpha value is -4.26. The van der Waals surface area contributed by atoms with Crippen LogP contribution in [0.2, 0.25) is 0 Å². The molecular formula is C26H22O7. The molecule has 0 radical (unpaired) electrons. The number of carbonyl (C=O) groups is 1. The summed E-state index contributed by atoms with van der Waals surface area (Å²) in [5.74, 6) is 1.35. The van der Waals surface area contributed by atoms with E-state index in [-0.39, 0.29) is 24.4 Å². The Morgan fingerprint density at radius 2 is 1.70 bits per heavy atom. The Kier molecular flexibility index (Phi) is 6.59. The highest BCUT2D eigenvalue weighted by Crippen LogP contribution is 2.29. The fourth-order valence-electron chi connectivity index (χ4n) is 3.18. The maximum atomic E-state index is 13.0. The van der Waals surface area contributed by atoms with Gasteiger partial charge in [-0.25, -0.2) is 4.79 Å². The van der Waals surface area contributed by atoms with E-state index in [1.165, 1.54) is 0 Å². The second kappa shape index (κ2) is 9.91. The number of benzene rings is 3. The summed E-state index contributed by atoms with van der Waals surface area (Å²) in [5.41, 5.74) is 0.900. The summed E-state index contributed by atoms with van der Waals surface area (Å²) in [6, 6.07) is 21.0. The van der Waals surface area contributed by atoms with Crippen LogP contribution >= 0.6 is 0 Å². The molecule has 0 saturated carbocycles. The minimum atomic E-state index is -0.501. The molecular weight excluding hydrogens is 424 g/mol. The van der Waals surface area contributed by atoms with E-state index in [9.17, 15) is 9.59 Å². The Labute approximate surface area is 190 Å². The summed E-state index contributed by atoms with van der Waals surface area (Å²) in [5, 5.41) is 0.331. The van der Waals surface area contributed by atoms with Gasteiger partial charge in [0.25, 0.3) is 0 Å². The van der Waals surface area contributed by atoms with Gasteiger partial charge in [0.05, 0.1) is 12.5 Å². The van der Waals surface area contributed by atoms with Crippen molar-refractivity contribution in [3.63, 3.8) is 0 Å². The van der Waals surface area contributed by atoms with E-state index in [1.807, 2.05) is 30.3 Å². The molecule has 0 N–H and O–H groups in total. The van der Waals surface area contributed by atoms with Crippen molar-refractivity contribution in [3.05, 3.63) is 94.3 Å². The van der Waals surface area contributed by atoms with Gasteiger partial charge in [0, 0.05) is 12.1 Å². The topological polar surface area (TPSA) is 84.2 Å². The third kappa shape index (κ3) is 5.33. The predicted molar refractivity (Wildman–Crippen MR) is 122 cm³/mol. The smallest absolute Gasteiger partial charge is 0.344 e. The molecule has 4 rings (SSSR count). The molecule has 0 bridgehead atoms. The van der Waals surface area contributed by atoms with Gasteiger partial charge in [-0.15, -0.1) is 0 Å². The van der Waals surface area contributed by atoms with Crippen LogP contribution in [0.5, 0.6) is 23.0 Å². The quantitative estimate of drug-likeness (QED) is 0.351. The van der Waals surface area contributed by atoms with E-state index in [0.717, 1.165) is 5.56 Å². The van der Waals surface area contributed by atoms with Gasteiger partial charge in [0.15, 0.2) is 6.61 Å². The highest BCUT2D eigenvalue weighted by molar-refractivity contribution is 5.80. The van der Waals surface area contributed by atoms with Crippen LogP contribution in [0.15, 0.2) is 82.0 Å². The zero-order valence-electron chi connectivity index (χ0n) is 18.2. The number of aryl methyl sites for hydroxylation is 1. The van der Waals surface area contributed by atoms with Gasteiger partial charge >= 0.3 is 5.97 Å². The molecule has 0 spiro atoms. The number of rotatable bonds is 8. The molecule has 1 aromatic heterocycles. The Morgan fingerprint density at radius 3 is 2.48 bits per heavy atom. The molecule has 7 nitrogen and oxygen atoms in total. The van der Waals surface area contributed by atoms with Crippen LogP contribution < -0.4 is 19.6 Å². The van der Waals surface area contributed by atoms with Crippen molar-refractivity contribution < 1.29 is 28.2 Å². The predicted octanol–water partition coefficient (Wildman–Crippen LogP) is 5.02. The number of hydrogen-bond donors (Lipinski definition) is 0. The zero-order valence-corrected chi connectivity index (χ0v) is 18.2. The number of ether oxygens (including phenoxy) is 4. The number of esters is 1. The molecule has 33 heavy (non-hydrogen) atoms. The maximum Gasteiger partial charge on any atom is 0.344 e. The van der Waals surface area contributed by atoms with E-state index in [2.05, 4.69) is 0 Å². The number of carbonyl (C=O) groups excluding carboxylic acids is 1. The van der Waals surface area contributed by atoms with Crippen molar-refractivity contribution in [3.8, 4) is 23.0 Å². The van der Waals surface area contributed by atoms with E-state index in [4.69, 9.17) is 23.4 Å². The summed E-state index contributed by atoms with van der Waals surface area (Å²) in [6.45, 7) is 1.55. The first kappa shape index (κ1) is 22.0. The van der Waals surface area contributed by atoms with Gasteiger partial charge < -0.3 is 23.4 Å². The van der Waals surface area contributed by atoms with Gasteiger partial charge in [-0.05, 0) is 36.8 Å². The summed E-state index contributed by atoms with van der Waals surface area (Å²) >= 11 is 0. The molecule has 168 valence electrons. The first-order chi connectivity index (χ1) is 16.0. The molecule has 3 aromatic carbocycles. The van der Waals surface area contributed by atoms with Crippen molar-refractivity contribution >= 4 is 16.9 Å². The second-order valence-electron chi connectivity index (χ2n) is 7.19. The average molecular weight is 446 g/mol. The summed E-state index contributed by atoms with van der Waals surface area (Å²) in [7, 11) is 1.55. The summed E-state index contributed by atoms with van der Waals surface area (Å²) in [4.78, 5) is 25.0. The third-order valence-electron chi connectivity index (χ3n) is 4.85. The standard InChI is InChI=1S/C26H22O7/c1-17-26(33-21-10-6-9-19(13-21)29-2)25(28)22-12-11-20(14-23(22)32-17)30-16-24(27)31-15-18-7-4-3-5-8-18/h3-14H,15-16H2,1-2H3. The number of hydrogen-bond acceptors (Lipinski definition) is 7. The molecule has 0 fully saturated rings. The zero-order chi connectivity index (χ0) is 23.2. The first-order valence-corrected chi connectivity index (χ1v) is 10.2. The lowest BCUT2D eigenvalue weighted by Gasteiger charge is -2.11. The normalized spacial score (nSPS) is 10.6. The van der Waals surface area contributed by atoms with Crippen LogP contribution in [0.25, 0.3) is 11.0 Å². The molecule has 4 aromatic rings. The van der Waals surface area contributed by atoms with Gasteiger partial charge in [0.2, 0.25) is 11.2 Å². The lowest BCUT2D eigenvalue weighted by Crippen LogP contribution is -2.15.